The van der Waals surface area contributed by atoms with Gasteiger partial charge in [-0.05, 0) is 87.3 Å². The Balaban J connectivity index is 1.40. The topological polar surface area (TPSA) is 67.1 Å². The van der Waals surface area contributed by atoms with Crippen LogP contribution in [-0.2, 0) is 6.42 Å². The molecule has 4 bridgehead atoms. The Hall–Kier alpha value is -1.55. The zero-order valence-electron chi connectivity index (χ0n) is 14.6. The molecule has 1 aromatic carbocycles. The van der Waals surface area contributed by atoms with Gasteiger partial charge in [0.05, 0.1) is 0 Å². The molecule has 4 fully saturated rings. The minimum absolute atomic E-state index is 0.0464. The van der Waals surface area contributed by atoms with Crippen LogP contribution in [0.2, 0.25) is 0 Å². The van der Waals surface area contributed by atoms with Crippen molar-refractivity contribution in [3.05, 3.63) is 29.8 Å². The smallest absolute Gasteiger partial charge is 0.319 e. The van der Waals surface area contributed by atoms with E-state index in [1.54, 1.807) is 0 Å². The number of carbonyl (C=O) groups is 1. The van der Waals surface area contributed by atoms with Crippen LogP contribution in [0.1, 0.15) is 51.0 Å². The first-order valence-electron chi connectivity index (χ1n) is 9.43. The molecule has 5 rings (SSSR count). The lowest BCUT2D eigenvalue weighted by molar-refractivity contribution is -0.0127. The van der Waals surface area contributed by atoms with Gasteiger partial charge in [-0.2, -0.15) is 0 Å². The molecule has 0 saturated heterocycles. The zero-order valence-corrected chi connectivity index (χ0v) is 14.6. The number of carbonyl (C=O) groups excluding carboxylic acids is 1. The third-order valence-corrected chi connectivity index (χ3v) is 6.16. The van der Waals surface area contributed by atoms with Gasteiger partial charge in [0.1, 0.15) is 0 Å². The Labute approximate surface area is 144 Å². The molecule has 130 valence electrons. The summed E-state index contributed by atoms with van der Waals surface area (Å²) in [5, 5.41) is 6.40. The first-order chi connectivity index (χ1) is 11.5. The van der Waals surface area contributed by atoms with Gasteiger partial charge in [0, 0.05) is 17.3 Å². The highest BCUT2D eigenvalue weighted by Crippen LogP contribution is 2.55. The van der Waals surface area contributed by atoms with Crippen LogP contribution in [0.25, 0.3) is 0 Å². The first-order valence-corrected chi connectivity index (χ1v) is 9.43. The van der Waals surface area contributed by atoms with Gasteiger partial charge in [0.15, 0.2) is 0 Å². The quantitative estimate of drug-likeness (QED) is 0.790. The summed E-state index contributed by atoms with van der Waals surface area (Å²) in [6.07, 6.45) is 8.53. The minimum atomic E-state index is -0.0464. The second-order valence-electron chi connectivity index (χ2n) is 8.66. The molecule has 0 aromatic heterocycles. The maximum atomic E-state index is 12.6. The summed E-state index contributed by atoms with van der Waals surface area (Å²) in [5.41, 5.74) is 7.95. The predicted molar refractivity (Wildman–Crippen MR) is 96.9 cm³/mol. The number of benzene rings is 1. The number of amides is 2. The van der Waals surface area contributed by atoms with Crippen molar-refractivity contribution in [3.8, 4) is 0 Å². The highest BCUT2D eigenvalue weighted by atomic mass is 16.2. The molecule has 1 unspecified atom stereocenters. The largest absolute Gasteiger partial charge is 0.332 e. The molecule has 24 heavy (non-hydrogen) atoms. The summed E-state index contributed by atoms with van der Waals surface area (Å²) in [5.74, 6) is 2.52. The zero-order chi connectivity index (χ0) is 16.7. The number of urea groups is 1. The number of anilines is 1. The van der Waals surface area contributed by atoms with Crippen LogP contribution in [-0.4, -0.2) is 17.6 Å². The van der Waals surface area contributed by atoms with E-state index in [0.717, 1.165) is 35.4 Å². The van der Waals surface area contributed by atoms with Crippen LogP contribution in [0.3, 0.4) is 0 Å². The molecular weight excluding hydrogens is 298 g/mol. The molecule has 1 aromatic rings. The molecular formula is C20H29N3O. The van der Waals surface area contributed by atoms with E-state index in [9.17, 15) is 4.79 Å². The van der Waals surface area contributed by atoms with E-state index >= 15 is 0 Å². The van der Waals surface area contributed by atoms with Gasteiger partial charge in [-0.25, -0.2) is 4.79 Å². The van der Waals surface area contributed by atoms with E-state index in [1.807, 2.05) is 25.1 Å². The average Bonchev–Trinajstić information content (AvgIpc) is 2.44. The van der Waals surface area contributed by atoms with Crippen LogP contribution >= 0.6 is 0 Å². The molecule has 0 radical (unpaired) electrons. The molecule has 0 aliphatic heterocycles. The fraction of sp³-hybridized carbons (Fsp3) is 0.650. The van der Waals surface area contributed by atoms with Gasteiger partial charge in [-0.1, -0.05) is 12.1 Å². The molecule has 4 aliphatic rings. The van der Waals surface area contributed by atoms with Crippen LogP contribution in [0, 0.1) is 17.8 Å². The van der Waals surface area contributed by atoms with Crippen LogP contribution in [0.15, 0.2) is 24.3 Å². The van der Waals surface area contributed by atoms with Crippen molar-refractivity contribution in [2.24, 2.45) is 23.5 Å². The summed E-state index contributed by atoms with van der Waals surface area (Å²) >= 11 is 0. The van der Waals surface area contributed by atoms with E-state index in [-0.39, 0.29) is 17.6 Å². The molecule has 0 spiro atoms. The first kappa shape index (κ1) is 15.9. The molecule has 4 heteroatoms. The van der Waals surface area contributed by atoms with Crippen molar-refractivity contribution in [1.29, 1.82) is 0 Å². The molecule has 4 nitrogen and oxygen atoms in total. The molecule has 4 aliphatic carbocycles. The second-order valence-corrected chi connectivity index (χ2v) is 8.66. The van der Waals surface area contributed by atoms with Gasteiger partial charge in [0.2, 0.25) is 0 Å². The lowest BCUT2D eigenvalue weighted by Crippen LogP contribution is -2.60. The highest BCUT2D eigenvalue weighted by Gasteiger charge is 2.51. The molecule has 2 amide bonds. The van der Waals surface area contributed by atoms with Gasteiger partial charge in [0.25, 0.3) is 0 Å². The van der Waals surface area contributed by atoms with Gasteiger partial charge in [-0.15, -0.1) is 0 Å². The van der Waals surface area contributed by atoms with E-state index in [0.29, 0.717) is 0 Å². The molecule has 1 atom stereocenters. The minimum Gasteiger partial charge on any atom is -0.332 e. The van der Waals surface area contributed by atoms with E-state index in [4.69, 9.17) is 5.73 Å². The van der Waals surface area contributed by atoms with Crippen molar-refractivity contribution in [2.75, 3.05) is 5.32 Å². The fourth-order valence-electron chi connectivity index (χ4n) is 5.81. The van der Waals surface area contributed by atoms with Crippen molar-refractivity contribution < 1.29 is 4.79 Å². The van der Waals surface area contributed by atoms with Crippen molar-refractivity contribution in [2.45, 2.75) is 63.5 Å². The Morgan fingerprint density at radius 2 is 1.83 bits per heavy atom. The third-order valence-electron chi connectivity index (χ3n) is 6.16. The van der Waals surface area contributed by atoms with Crippen LogP contribution in [0.4, 0.5) is 10.5 Å². The SMILES string of the molecule is CC(N)Cc1cccc(NC(=O)NC23CC4CC(CC(C4)C2)C3)c1. The predicted octanol–water partition coefficient (Wildman–Crippen LogP) is 3.67. The summed E-state index contributed by atoms with van der Waals surface area (Å²) in [6.45, 7) is 2.00. The Bertz CT molecular complexity index is 590. The maximum absolute atomic E-state index is 12.6. The number of hydrogen-bond acceptors (Lipinski definition) is 2. The second kappa shape index (κ2) is 6.07. The summed E-state index contributed by atoms with van der Waals surface area (Å²) in [6, 6.07) is 8.10. The number of hydrogen-bond donors (Lipinski definition) is 3. The van der Waals surface area contributed by atoms with Crippen LogP contribution < -0.4 is 16.4 Å². The van der Waals surface area contributed by atoms with E-state index in [2.05, 4.69) is 16.7 Å². The normalized spacial score (nSPS) is 34.8. The molecule has 4 N–H and O–H groups in total. The lowest BCUT2D eigenvalue weighted by Gasteiger charge is -2.56. The van der Waals surface area contributed by atoms with E-state index < -0.39 is 0 Å². The Morgan fingerprint density at radius 1 is 1.21 bits per heavy atom. The van der Waals surface area contributed by atoms with Crippen molar-refractivity contribution in [3.63, 3.8) is 0 Å². The van der Waals surface area contributed by atoms with Gasteiger partial charge >= 0.3 is 6.03 Å². The van der Waals surface area contributed by atoms with Crippen molar-refractivity contribution in [1.82, 2.24) is 5.32 Å². The number of rotatable bonds is 4. The summed E-state index contributed by atoms with van der Waals surface area (Å²) in [4.78, 5) is 12.6. The standard InChI is InChI=1S/C20H29N3O/c1-13(21)5-14-3-2-4-18(9-14)22-19(24)23-20-10-15-6-16(11-20)8-17(7-15)12-20/h2-4,9,13,15-17H,5-8,10-12,21H2,1H3,(H2,22,23,24). The third kappa shape index (κ3) is 3.30. The highest BCUT2D eigenvalue weighted by molar-refractivity contribution is 5.89. The fourth-order valence-corrected chi connectivity index (χ4v) is 5.81. The Kier molecular flexibility index (Phi) is 4.03. The van der Waals surface area contributed by atoms with Gasteiger partial charge in [-0.3, -0.25) is 0 Å². The monoisotopic (exact) mass is 327 g/mol. The molecule has 0 heterocycles. The summed E-state index contributed by atoms with van der Waals surface area (Å²) < 4.78 is 0. The summed E-state index contributed by atoms with van der Waals surface area (Å²) in [7, 11) is 0. The van der Waals surface area contributed by atoms with Crippen LogP contribution in [0.5, 0.6) is 0 Å². The van der Waals surface area contributed by atoms with Gasteiger partial charge < -0.3 is 16.4 Å². The lowest BCUT2D eigenvalue weighted by atomic mass is 9.53. The molecule has 4 saturated carbocycles. The number of nitrogens with one attached hydrogen (secondary N) is 2. The Morgan fingerprint density at radius 3 is 2.42 bits per heavy atom. The maximum Gasteiger partial charge on any atom is 0.319 e. The van der Waals surface area contributed by atoms with Crippen molar-refractivity contribution >= 4 is 11.7 Å². The number of nitrogens with two attached hydrogens (primary N) is 1. The van der Waals surface area contributed by atoms with E-state index in [1.165, 1.54) is 38.5 Å². The average molecular weight is 327 g/mol.